The molecule has 0 aliphatic carbocycles. The molecule has 8 nitrogen and oxygen atoms in total. The van der Waals surface area contributed by atoms with Gasteiger partial charge in [-0.25, -0.2) is 9.79 Å². The molecule has 2 N–H and O–H groups in total. The SMILES string of the molecule is COc1ccc(N2C(=O)C(=Cc3cccs3)N=C2SCC(=O)NC(=O)NC(C)C)cc1Cl. The number of thioether (sulfide) groups is 1. The van der Waals surface area contributed by atoms with E-state index in [4.69, 9.17) is 16.3 Å². The Kier molecular flexibility index (Phi) is 7.94. The Morgan fingerprint density at radius 2 is 2.12 bits per heavy atom. The van der Waals surface area contributed by atoms with Crippen LogP contribution < -0.4 is 20.3 Å². The predicted molar refractivity (Wildman–Crippen MR) is 129 cm³/mol. The fourth-order valence-electron chi connectivity index (χ4n) is 2.71. The van der Waals surface area contributed by atoms with Gasteiger partial charge in [-0.2, -0.15) is 0 Å². The molecule has 0 unspecified atom stereocenters. The summed E-state index contributed by atoms with van der Waals surface area (Å²) in [5, 5.41) is 7.38. The van der Waals surface area contributed by atoms with E-state index in [1.54, 1.807) is 38.1 Å². The minimum atomic E-state index is -0.577. The van der Waals surface area contributed by atoms with Crippen LogP contribution in [0.1, 0.15) is 18.7 Å². The van der Waals surface area contributed by atoms with Crippen molar-refractivity contribution < 1.29 is 19.1 Å². The monoisotopic (exact) mass is 492 g/mol. The second-order valence-electron chi connectivity index (χ2n) is 6.86. The molecule has 32 heavy (non-hydrogen) atoms. The van der Waals surface area contributed by atoms with Crippen LogP contribution in [0.3, 0.4) is 0 Å². The van der Waals surface area contributed by atoms with Crippen LogP contribution in [0.2, 0.25) is 5.02 Å². The number of amidine groups is 1. The fourth-order valence-corrected chi connectivity index (χ4v) is 4.43. The number of nitrogens with zero attached hydrogens (tertiary/aromatic N) is 2. The lowest BCUT2D eigenvalue weighted by Crippen LogP contribution is -2.43. The zero-order valence-electron chi connectivity index (χ0n) is 17.5. The number of anilines is 1. The van der Waals surface area contributed by atoms with Gasteiger partial charge in [-0.15, -0.1) is 11.3 Å². The van der Waals surface area contributed by atoms with Crippen LogP contribution >= 0.6 is 34.7 Å². The maximum Gasteiger partial charge on any atom is 0.321 e. The molecule has 0 spiro atoms. The molecule has 3 rings (SSSR count). The Morgan fingerprint density at radius 1 is 1.34 bits per heavy atom. The number of thiophene rings is 1. The van der Waals surface area contributed by atoms with Crippen molar-refractivity contribution in [1.82, 2.24) is 10.6 Å². The first-order valence-electron chi connectivity index (χ1n) is 9.53. The zero-order valence-corrected chi connectivity index (χ0v) is 19.9. The first-order valence-corrected chi connectivity index (χ1v) is 11.8. The van der Waals surface area contributed by atoms with Crippen LogP contribution in [-0.2, 0) is 9.59 Å². The number of nitrogens with one attached hydrogen (secondary N) is 2. The van der Waals surface area contributed by atoms with Crippen molar-refractivity contribution in [2.24, 2.45) is 4.99 Å². The number of carbonyl (C=O) groups excluding carboxylic acids is 3. The van der Waals surface area contributed by atoms with Crippen LogP contribution in [-0.4, -0.2) is 41.9 Å². The number of halogens is 1. The molecule has 4 amide bonds. The van der Waals surface area contributed by atoms with Crippen LogP contribution in [0.25, 0.3) is 6.08 Å². The summed E-state index contributed by atoms with van der Waals surface area (Å²) in [5.74, 6) is -0.491. The van der Waals surface area contributed by atoms with Crippen LogP contribution in [0.5, 0.6) is 5.75 Å². The molecule has 168 valence electrons. The van der Waals surface area contributed by atoms with E-state index in [1.807, 2.05) is 17.5 Å². The van der Waals surface area contributed by atoms with E-state index < -0.39 is 11.9 Å². The third-order valence-electron chi connectivity index (χ3n) is 4.05. The number of rotatable bonds is 6. The number of amides is 4. The third kappa shape index (κ3) is 5.90. The third-order valence-corrected chi connectivity index (χ3v) is 6.10. The number of benzene rings is 1. The van der Waals surface area contributed by atoms with Crippen molar-refractivity contribution in [3.63, 3.8) is 0 Å². The second-order valence-corrected chi connectivity index (χ2v) is 9.19. The van der Waals surface area contributed by atoms with E-state index in [1.165, 1.54) is 23.3 Å². The summed E-state index contributed by atoms with van der Waals surface area (Å²) < 4.78 is 5.18. The van der Waals surface area contributed by atoms with Crippen LogP contribution in [0.4, 0.5) is 10.5 Å². The quantitative estimate of drug-likeness (QED) is 0.591. The van der Waals surface area contributed by atoms with E-state index in [9.17, 15) is 14.4 Å². The lowest BCUT2D eigenvalue weighted by Gasteiger charge is -2.18. The Bertz CT molecular complexity index is 1080. The summed E-state index contributed by atoms with van der Waals surface area (Å²) >= 11 is 8.77. The highest BCUT2D eigenvalue weighted by molar-refractivity contribution is 8.14. The van der Waals surface area contributed by atoms with E-state index >= 15 is 0 Å². The molecule has 0 atom stereocenters. The van der Waals surface area contributed by atoms with Gasteiger partial charge in [0.1, 0.15) is 11.4 Å². The van der Waals surface area contributed by atoms with Crippen molar-refractivity contribution in [2.45, 2.75) is 19.9 Å². The van der Waals surface area contributed by atoms with Gasteiger partial charge in [0.25, 0.3) is 5.91 Å². The number of aliphatic imine (C=N–C) groups is 1. The number of imide groups is 1. The molecule has 0 bridgehead atoms. The smallest absolute Gasteiger partial charge is 0.321 e. The number of hydrogen-bond donors (Lipinski definition) is 2. The Morgan fingerprint density at radius 3 is 2.75 bits per heavy atom. The largest absolute Gasteiger partial charge is 0.495 e. The second kappa shape index (κ2) is 10.7. The first kappa shape index (κ1) is 23.8. The Labute approximate surface area is 198 Å². The lowest BCUT2D eigenvalue weighted by atomic mass is 10.2. The summed E-state index contributed by atoms with van der Waals surface area (Å²) in [6.45, 7) is 3.58. The molecule has 1 aliphatic heterocycles. The Hall–Kier alpha value is -2.82. The number of methoxy groups -OCH3 is 1. The highest BCUT2D eigenvalue weighted by Gasteiger charge is 2.33. The minimum absolute atomic E-state index is 0.104. The molecule has 2 aromatic rings. The molecule has 1 aliphatic rings. The summed E-state index contributed by atoms with van der Waals surface area (Å²) in [6, 6.07) is 8.00. The zero-order chi connectivity index (χ0) is 23.3. The van der Waals surface area contributed by atoms with Gasteiger partial charge < -0.3 is 10.1 Å². The maximum atomic E-state index is 13.1. The molecule has 0 radical (unpaired) electrons. The normalized spacial score (nSPS) is 14.7. The van der Waals surface area contributed by atoms with Gasteiger partial charge in [0.05, 0.1) is 23.6 Å². The molecule has 1 aromatic heterocycles. The van der Waals surface area contributed by atoms with Gasteiger partial charge in [-0.3, -0.25) is 19.8 Å². The van der Waals surface area contributed by atoms with Crippen molar-refractivity contribution in [3.8, 4) is 5.75 Å². The fraction of sp³-hybridized carbons (Fsp3) is 0.238. The molecule has 2 heterocycles. The molecule has 0 saturated carbocycles. The number of hydrogen-bond acceptors (Lipinski definition) is 7. The molecule has 0 saturated heterocycles. The molecular weight excluding hydrogens is 472 g/mol. The maximum absolute atomic E-state index is 13.1. The van der Waals surface area contributed by atoms with Gasteiger partial charge in [0, 0.05) is 10.9 Å². The first-order chi connectivity index (χ1) is 15.3. The van der Waals surface area contributed by atoms with Crippen LogP contribution in [0, 0.1) is 0 Å². The highest BCUT2D eigenvalue weighted by atomic mass is 35.5. The van der Waals surface area contributed by atoms with Gasteiger partial charge in [-0.1, -0.05) is 29.4 Å². The van der Waals surface area contributed by atoms with Gasteiger partial charge in [0.15, 0.2) is 5.17 Å². The van der Waals surface area contributed by atoms with Gasteiger partial charge in [-0.05, 0) is 49.6 Å². The van der Waals surface area contributed by atoms with Crippen molar-refractivity contribution in [1.29, 1.82) is 0 Å². The molecule has 1 aromatic carbocycles. The van der Waals surface area contributed by atoms with E-state index in [0.717, 1.165) is 16.6 Å². The lowest BCUT2D eigenvalue weighted by molar-refractivity contribution is -0.117. The van der Waals surface area contributed by atoms with E-state index in [0.29, 0.717) is 21.6 Å². The molecule has 11 heteroatoms. The summed E-state index contributed by atoms with van der Waals surface area (Å²) in [5.41, 5.74) is 0.722. The average molecular weight is 493 g/mol. The van der Waals surface area contributed by atoms with E-state index in [2.05, 4.69) is 15.6 Å². The standard InChI is InChI=1S/C21H21ClN4O4S2/c1-12(2)23-20(29)25-18(27)11-32-21-24-16(10-14-5-4-8-31-14)19(28)26(21)13-6-7-17(30-3)15(22)9-13/h4-10,12H,11H2,1-3H3,(H2,23,25,27,29). The number of urea groups is 1. The molecule has 0 fully saturated rings. The number of carbonyl (C=O) groups is 3. The summed E-state index contributed by atoms with van der Waals surface area (Å²) in [6.07, 6.45) is 1.69. The van der Waals surface area contributed by atoms with Crippen LogP contribution in [0.15, 0.2) is 46.4 Å². The average Bonchev–Trinajstić information content (AvgIpc) is 3.34. The molecular formula is C21H21ClN4O4S2. The van der Waals surface area contributed by atoms with Gasteiger partial charge >= 0.3 is 6.03 Å². The van der Waals surface area contributed by atoms with Crippen molar-refractivity contribution in [2.75, 3.05) is 17.8 Å². The predicted octanol–water partition coefficient (Wildman–Crippen LogP) is 4.12. The van der Waals surface area contributed by atoms with E-state index in [-0.39, 0.29) is 23.4 Å². The minimum Gasteiger partial charge on any atom is -0.495 e. The summed E-state index contributed by atoms with van der Waals surface area (Å²) in [7, 11) is 1.50. The number of ether oxygens (including phenoxy) is 1. The Balaban J connectivity index is 1.83. The van der Waals surface area contributed by atoms with Gasteiger partial charge in [0.2, 0.25) is 5.91 Å². The van der Waals surface area contributed by atoms with Crippen molar-refractivity contribution >= 4 is 69.5 Å². The van der Waals surface area contributed by atoms with Crippen molar-refractivity contribution in [3.05, 3.63) is 51.3 Å². The summed E-state index contributed by atoms with van der Waals surface area (Å²) in [4.78, 5) is 43.8. The topological polar surface area (TPSA) is 100 Å². The highest BCUT2D eigenvalue weighted by Crippen LogP contribution is 2.34.